The molecule has 1 atom stereocenters. The summed E-state index contributed by atoms with van der Waals surface area (Å²) in [4.78, 5) is 0. The van der Waals surface area contributed by atoms with Gasteiger partial charge in [-0.15, -0.1) is 12.4 Å². The Morgan fingerprint density at radius 1 is 1.25 bits per heavy atom. The molecule has 1 aromatic rings. The van der Waals surface area contributed by atoms with Crippen molar-refractivity contribution < 1.29 is 14.6 Å². The highest BCUT2D eigenvalue weighted by Crippen LogP contribution is 2.36. The normalized spacial score (nSPS) is 15.8. The molecule has 1 aromatic carbocycles. The second-order valence-corrected chi connectivity index (χ2v) is 6.87. The number of halogens is 2. The zero-order valence-electron chi connectivity index (χ0n) is 14.5. The van der Waals surface area contributed by atoms with Gasteiger partial charge >= 0.3 is 0 Å². The fourth-order valence-electron chi connectivity index (χ4n) is 2.85. The van der Waals surface area contributed by atoms with Gasteiger partial charge in [0.15, 0.2) is 11.5 Å². The molecule has 2 N–H and O–H groups in total. The Hall–Kier alpha value is -0.490. The molecule has 0 saturated heterocycles. The summed E-state index contributed by atoms with van der Waals surface area (Å²) in [5.74, 6) is 1.63. The molecule has 0 amide bonds. The first-order valence-electron chi connectivity index (χ1n) is 8.64. The molecule has 6 heteroatoms. The summed E-state index contributed by atoms with van der Waals surface area (Å²) in [6.45, 7) is 5.49. The first-order chi connectivity index (χ1) is 11.2. The van der Waals surface area contributed by atoms with Crippen LogP contribution in [0.5, 0.6) is 11.5 Å². The average Bonchev–Trinajstić information content (AvgIpc) is 3.05. The molecule has 0 aliphatic heterocycles. The first kappa shape index (κ1) is 21.6. The van der Waals surface area contributed by atoms with Crippen molar-refractivity contribution >= 4 is 28.3 Å². The van der Waals surface area contributed by atoms with Crippen LogP contribution in [0.2, 0.25) is 0 Å². The minimum absolute atomic E-state index is 0. The van der Waals surface area contributed by atoms with Gasteiger partial charge in [-0.2, -0.15) is 0 Å². The number of ether oxygens (including phenoxy) is 2. The summed E-state index contributed by atoms with van der Waals surface area (Å²) in [6.07, 6.45) is 5.95. The van der Waals surface area contributed by atoms with Crippen molar-refractivity contribution in [3.63, 3.8) is 0 Å². The van der Waals surface area contributed by atoms with Crippen LogP contribution in [-0.2, 0) is 6.54 Å². The smallest absolute Gasteiger partial charge is 0.162 e. The predicted molar refractivity (Wildman–Crippen MR) is 103 cm³/mol. The highest BCUT2D eigenvalue weighted by atomic mass is 79.9. The van der Waals surface area contributed by atoms with Gasteiger partial charge in [0.25, 0.3) is 0 Å². The lowest BCUT2D eigenvalue weighted by Crippen LogP contribution is -2.31. The van der Waals surface area contributed by atoms with E-state index in [1.165, 1.54) is 12.8 Å². The second-order valence-electron chi connectivity index (χ2n) is 6.02. The molecule has 0 heterocycles. The van der Waals surface area contributed by atoms with Gasteiger partial charge in [-0.3, -0.25) is 0 Å². The molecule has 1 unspecified atom stereocenters. The van der Waals surface area contributed by atoms with E-state index < -0.39 is 0 Å². The molecule has 1 aliphatic carbocycles. The Balaban J connectivity index is 0.00000288. The van der Waals surface area contributed by atoms with Gasteiger partial charge in [0, 0.05) is 17.1 Å². The van der Waals surface area contributed by atoms with Gasteiger partial charge in [0.2, 0.25) is 0 Å². The van der Waals surface area contributed by atoms with Gasteiger partial charge in [-0.05, 0) is 56.7 Å². The Kier molecular flexibility index (Phi) is 10.0. The average molecular weight is 423 g/mol. The topological polar surface area (TPSA) is 50.7 Å². The van der Waals surface area contributed by atoms with Crippen molar-refractivity contribution in [3.05, 3.63) is 22.2 Å². The van der Waals surface area contributed by atoms with E-state index >= 15 is 0 Å². The van der Waals surface area contributed by atoms with Crippen LogP contribution in [0, 0.1) is 0 Å². The van der Waals surface area contributed by atoms with E-state index in [2.05, 4.69) is 28.2 Å². The first-order valence-corrected chi connectivity index (χ1v) is 9.43. The molecule has 4 nitrogen and oxygen atoms in total. The van der Waals surface area contributed by atoms with E-state index in [0.29, 0.717) is 19.3 Å². The summed E-state index contributed by atoms with van der Waals surface area (Å²) in [5.41, 5.74) is 1.11. The number of hydrogen-bond acceptors (Lipinski definition) is 4. The lowest BCUT2D eigenvalue weighted by atomic mass is 10.1. The van der Waals surface area contributed by atoms with Crippen molar-refractivity contribution in [1.82, 2.24) is 5.32 Å². The Morgan fingerprint density at radius 2 is 1.96 bits per heavy atom. The van der Waals surface area contributed by atoms with E-state index in [-0.39, 0.29) is 25.1 Å². The molecular weight excluding hydrogens is 394 g/mol. The summed E-state index contributed by atoms with van der Waals surface area (Å²) in [7, 11) is 0. The maximum absolute atomic E-state index is 9.30. The highest BCUT2D eigenvalue weighted by molar-refractivity contribution is 9.10. The number of aliphatic hydroxyl groups is 1. The zero-order valence-corrected chi connectivity index (χ0v) is 16.9. The largest absolute Gasteiger partial charge is 0.490 e. The third kappa shape index (κ3) is 6.10. The number of hydrogen-bond donors (Lipinski definition) is 2. The van der Waals surface area contributed by atoms with E-state index in [1.54, 1.807) is 0 Å². The SMILES string of the molecule is CCOc1cc(CNC(CC)CO)c(Br)cc1OC1CCCC1.Cl. The molecule has 0 radical (unpaired) electrons. The number of nitrogens with one attached hydrogen (secondary N) is 1. The van der Waals surface area contributed by atoms with Crippen molar-refractivity contribution in [2.24, 2.45) is 0 Å². The lowest BCUT2D eigenvalue weighted by Gasteiger charge is -2.20. The number of rotatable bonds is 9. The van der Waals surface area contributed by atoms with Crippen LogP contribution in [0.3, 0.4) is 0 Å². The fourth-order valence-corrected chi connectivity index (χ4v) is 3.31. The molecule has 24 heavy (non-hydrogen) atoms. The van der Waals surface area contributed by atoms with Gasteiger partial charge in [0.1, 0.15) is 0 Å². The van der Waals surface area contributed by atoms with Crippen molar-refractivity contribution in [1.29, 1.82) is 0 Å². The molecule has 2 rings (SSSR count). The maximum Gasteiger partial charge on any atom is 0.162 e. The fraction of sp³-hybridized carbons (Fsp3) is 0.667. The zero-order chi connectivity index (χ0) is 16.7. The molecule has 1 saturated carbocycles. The van der Waals surface area contributed by atoms with Crippen LogP contribution < -0.4 is 14.8 Å². The van der Waals surface area contributed by atoms with Crippen LogP contribution in [-0.4, -0.2) is 30.5 Å². The lowest BCUT2D eigenvalue weighted by molar-refractivity contribution is 0.196. The highest BCUT2D eigenvalue weighted by Gasteiger charge is 2.20. The minimum Gasteiger partial charge on any atom is -0.490 e. The monoisotopic (exact) mass is 421 g/mol. The van der Waals surface area contributed by atoms with E-state index in [0.717, 1.165) is 40.8 Å². The molecule has 0 aromatic heterocycles. The van der Waals surface area contributed by atoms with Crippen LogP contribution in [0.15, 0.2) is 16.6 Å². The van der Waals surface area contributed by atoms with Gasteiger partial charge in [-0.25, -0.2) is 0 Å². The predicted octanol–water partition coefficient (Wildman–Crippen LogP) is 4.45. The number of benzene rings is 1. The van der Waals surface area contributed by atoms with E-state index in [4.69, 9.17) is 9.47 Å². The van der Waals surface area contributed by atoms with Gasteiger partial charge in [0.05, 0.1) is 19.3 Å². The standard InChI is InChI=1S/C18H28BrNO3.ClH/c1-3-14(12-21)20-11-13-9-17(22-4-2)18(10-16(13)19)23-15-7-5-6-8-15;/h9-10,14-15,20-21H,3-8,11-12H2,1-2H3;1H. The summed E-state index contributed by atoms with van der Waals surface area (Å²) in [6, 6.07) is 4.17. The van der Waals surface area contributed by atoms with Crippen molar-refractivity contribution in [3.8, 4) is 11.5 Å². The molecule has 0 bridgehead atoms. The third-order valence-corrected chi connectivity index (χ3v) is 5.04. The number of aliphatic hydroxyl groups excluding tert-OH is 1. The van der Waals surface area contributed by atoms with E-state index in [1.807, 2.05) is 19.1 Å². The quantitative estimate of drug-likeness (QED) is 0.617. The summed E-state index contributed by atoms with van der Waals surface area (Å²) in [5, 5.41) is 12.7. The van der Waals surface area contributed by atoms with Crippen LogP contribution in [0.4, 0.5) is 0 Å². The Bertz CT molecular complexity index is 491. The Labute approximate surface area is 159 Å². The van der Waals surface area contributed by atoms with Gasteiger partial charge in [-0.1, -0.05) is 22.9 Å². The van der Waals surface area contributed by atoms with Crippen molar-refractivity contribution in [2.75, 3.05) is 13.2 Å². The summed E-state index contributed by atoms with van der Waals surface area (Å²) < 4.78 is 12.9. The molecule has 1 aliphatic rings. The van der Waals surface area contributed by atoms with E-state index in [9.17, 15) is 5.11 Å². The second kappa shape index (κ2) is 11.2. The van der Waals surface area contributed by atoms with Crippen LogP contribution in [0.25, 0.3) is 0 Å². The minimum atomic E-state index is 0. The molecule has 0 spiro atoms. The maximum atomic E-state index is 9.30. The van der Waals surface area contributed by atoms with Crippen LogP contribution >= 0.6 is 28.3 Å². The molecular formula is C18H29BrClNO3. The summed E-state index contributed by atoms with van der Waals surface area (Å²) >= 11 is 3.64. The van der Waals surface area contributed by atoms with Gasteiger partial charge < -0.3 is 19.9 Å². The van der Waals surface area contributed by atoms with Crippen molar-refractivity contribution in [2.45, 2.75) is 64.6 Å². The molecule has 138 valence electrons. The van der Waals surface area contributed by atoms with Crippen LogP contribution in [0.1, 0.15) is 51.5 Å². The Morgan fingerprint density at radius 3 is 2.54 bits per heavy atom. The third-order valence-electron chi connectivity index (χ3n) is 4.30. The molecule has 1 fully saturated rings.